The van der Waals surface area contributed by atoms with Gasteiger partial charge in [-0.1, -0.05) is 170 Å². The molecule has 0 amide bonds. The summed E-state index contributed by atoms with van der Waals surface area (Å²) in [6, 6.07) is 77.4. The maximum atomic E-state index is 7.41. The van der Waals surface area contributed by atoms with Crippen molar-refractivity contribution in [1.29, 1.82) is 0 Å². The molecule has 0 spiro atoms. The van der Waals surface area contributed by atoms with Crippen molar-refractivity contribution in [2.45, 2.75) is 0 Å². The third-order valence-electron chi connectivity index (χ3n) is 13.4. The number of hydrogen-bond acceptors (Lipinski definition) is 4. The molecule has 0 fully saturated rings. The summed E-state index contributed by atoms with van der Waals surface area (Å²) in [5.74, 6) is 1.73. The zero-order valence-corrected chi connectivity index (χ0v) is 35.5. The molecule has 0 aliphatic carbocycles. The first-order chi connectivity index (χ1) is 32.7. The Morgan fingerprint density at radius 2 is 0.803 bits per heavy atom. The first-order valence-corrected chi connectivity index (χ1v) is 22.3. The Balaban J connectivity index is 1.14. The van der Waals surface area contributed by atoms with Crippen LogP contribution in [0.4, 0.5) is 0 Å². The van der Waals surface area contributed by atoms with Gasteiger partial charge in [-0.05, 0) is 97.5 Å². The fourth-order valence-electron chi connectivity index (χ4n) is 10.4. The Bertz CT molecular complexity index is 4030. The van der Waals surface area contributed by atoms with Crippen LogP contribution in [0.15, 0.2) is 223 Å². The van der Waals surface area contributed by atoms with Gasteiger partial charge >= 0.3 is 0 Å². The maximum absolute atomic E-state index is 7.41. The average molecular weight is 841 g/mol. The van der Waals surface area contributed by atoms with Crippen molar-refractivity contribution in [1.82, 2.24) is 19.5 Å². The maximum Gasteiger partial charge on any atom is 0.167 e. The average Bonchev–Trinajstić information content (AvgIpc) is 3.95. The van der Waals surface area contributed by atoms with Crippen molar-refractivity contribution in [2.24, 2.45) is 0 Å². The molecular formula is C61H36N4O. The number of benzene rings is 11. The van der Waals surface area contributed by atoms with Crippen LogP contribution in [0, 0.1) is 0 Å². The highest BCUT2D eigenvalue weighted by molar-refractivity contribution is 6.35. The third kappa shape index (κ3) is 5.50. The molecule has 5 nitrogen and oxygen atoms in total. The summed E-state index contributed by atoms with van der Waals surface area (Å²) in [5, 5.41) is 12.0. The SMILES string of the molecule is c1ccc(-c2cc(-c3ccccc3)c3oc4c(-c5nc(-c6ccccc6)nc(-c6ccccc6)n5)ccc(-n5c6cccc7c8cc9ccccc9cc8c8cccc5c8c76)c4c3c2)cc1. The quantitative estimate of drug-likeness (QED) is 0.124. The lowest BCUT2D eigenvalue weighted by atomic mass is 9.92. The summed E-state index contributed by atoms with van der Waals surface area (Å²) in [4.78, 5) is 15.5. The minimum atomic E-state index is 0.537. The zero-order chi connectivity index (χ0) is 43.3. The molecule has 66 heavy (non-hydrogen) atoms. The van der Waals surface area contributed by atoms with Gasteiger partial charge in [-0.15, -0.1) is 0 Å². The van der Waals surface area contributed by atoms with Crippen LogP contribution in [-0.2, 0) is 0 Å². The van der Waals surface area contributed by atoms with Gasteiger partial charge in [0.2, 0.25) is 0 Å². The molecule has 0 atom stereocenters. The van der Waals surface area contributed by atoms with E-state index >= 15 is 0 Å². The highest BCUT2D eigenvalue weighted by Crippen LogP contribution is 2.49. The molecular weight excluding hydrogens is 805 g/mol. The van der Waals surface area contributed by atoms with Gasteiger partial charge in [0.05, 0.1) is 27.7 Å². The molecule has 3 heterocycles. The van der Waals surface area contributed by atoms with Gasteiger partial charge in [-0.2, -0.15) is 0 Å². The van der Waals surface area contributed by atoms with Crippen LogP contribution in [0.25, 0.3) is 138 Å². The zero-order valence-electron chi connectivity index (χ0n) is 35.5. The van der Waals surface area contributed by atoms with E-state index in [0.717, 1.165) is 72.0 Å². The lowest BCUT2D eigenvalue weighted by Crippen LogP contribution is -2.01. The Labute approximate surface area is 378 Å². The van der Waals surface area contributed by atoms with Crippen LogP contribution in [0.2, 0.25) is 0 Å². The molecule has 0 aliphatic rings. The van der Waals surface area contributed by atoms with Crippen molar-refractivity contribution >= 4 is 76.1 Å². The summed E-state index contributed by atoms with van der Waals surface area (Å²) in [6.07, 6.45) is 0. The molecule has 0 saturated carbocycles. The van der Waals surface area contributed by atoms with Gasteiger partial charge in [0.25, 0.3) is 0 Å². The Hall–Kier alpha value is -8.93. The van der Waals surface area contributed by atoms with Crippen LogP contribution in [-0.4, -0.2) is 19.5 Å². The monoisotopic (exact) mass is 840 g/mol. The van der Waals surface area contributed by atoms with Crippen molar-refractivity contribution in [3.05, 3.63) is 218 Å². The Morgan fingerprint density at radius 1 is 0.303 bits per heavy atom. The van der Waals surface area contributed by atoms with Gasteiger partial charge in [0, 0.05) is 32.8 Å². The second-order valence-corrected chi connectivity index (χ2v) is 17.1. The normalized spacial score (nSPS) is 11.9. The number of furan rings is 1. The van der Waals surface area contributed by atoms with Crippen LogP contribution < -0.4 is 0 Å². The summed E-state index contributed by atoms with van der Waals surface area (Å²) in [6.45, 7) is 0. The van der Waals surface area contributed by atoms with Crippen molar-refractivity contribution in [3.63, 3.8) is 0 Å². The van der Waals surface area contributed by atoms with Crippen LogP contribution in [0.3, 0.4) is 0 Å². The molecule has 0 radical (unpaired) electrons. The molecule has 5 heteroatoms. The van der Waals surface area contributed by atoms with E-state index in [-0.39, 0.29) is 0 Å². The van der Waals surface area contributed by atoms with E-state index in [1.165, 1.54) is 43.1 Å². The molecule has 0 aliphatic heterocycles. The fraction of sp³-hybridized carbons (Fsp3) is 0. The molecule has 0 saturated heterocycles. The number of rotatable bonds is 6. The lowest BCUT2D eigenvalue weighted by Gasteiger charge is -2.13. The van der Waals surface area contributed by atoms with E-state index in [1.807, 2.05) is 60.7 Å². The molecule has 3 aromatic heterocycles. The molecule has 14 rings (SSSR count). The highest BCUT2D eigenvalue weighted by Gasteiger charge is 2.27. The van der Waals surface area contributed by atoms with Gasteiger partial charge < -0.3 is 8.98 Å². The number of nitrogens with zero attached hydrogens (tertiary/aromatic N) is 4. The van der Waals surface area contributed by atoms with E-state index in [2.05, 4.69) is 162 Å². The largest absolute Gasteiger partial charge is 0.455 e. The minimum Gasteiger partial charge on any atom is -0.455 e. The fourth-order valence-corrected chi connectivity index (χ4v) is 10.4. The number of aromatic nitrogens is 4. The first-order valence-electron chi connectivity index (χ1n) is 22.3. The van der Waals surface area contributed by atoms with Crippen LogP contribution >= 0.6 is 0 Å². The van der Waals surface area contributed by atoms with E-state index in [0.29, 0.717) is 23.1 Å². The number of hydrogen-bond donors (Lipinski definition) is 0. The molecule has 0 unspecified atom stereocenters. The van der Waals surface area contributed by atoms with E-state index in [4.69, 9.17) is 19.4 Å². The van der Waals surface area contributed by atoms with Crippen molar-refractivity contribution < 1.29 is 4.42 Å². The van der Waals surface area contributed by atoms with Crippen molar-refractivity contribution in [3.8, 4) is 62.1 Å². The minimum absolute atomic E-state index is 0.537. The van der Waals surface area contributed by atoms with Gasteiger partial charge in [0.15, 0.2) is 17.5 Å². The molecule has 0 N–H and O–H groups in total. The summed E-state index contributed by atoms with van der Waals surface area (Å²) in [5.41, 5.74) is 11.7. The van der Waals surface area contributed by atoms with E-state index in [9.17, 15) is 0 Å². The van der Waals surface area contributed by atoms with Gasteiger partial charge in [0.1, 0.15) is 11.2 Å². The summed E-state index contributed by atoms with van der Waals surface area (Å²) in [7, 11) is 0. The summed E-state index contributed by atoms with van der Waals surface area (Å²) >= 11 is 0. The second kappa shape index (κ2) is 14.3. The topological polar surface area (TPSA) is 56.7 Å². The van der Waals surface area contributed by atoms with Crippen LogP contribution in [0.1, 0.15) is 0 Å². The Morgan fingerprint density at radius 3 is 1.36 bits per heavy atom. The molecule has 0 bridgehead atoms. The van der Waals surface area contributed by atoms with Crippen molar-refractivity contribution in [2.75, 3.05) is 0 Å². The van der Waals surface area contributed by atoms with Crippen LogP contribution in [0.5, 0.6) is 0 Å². The molecule has 11 aromatic carbocycles. The van der Waals surface area contributed by atoms with E-state index < -0.39 is 0 Å². The second-order valence-electron chi connectivity index (χ2n) is 17.1. The highest BCUT2D eigenvalue weighted by atomic mass is 16.3. The van der Waals surface area contributed by atoms with Gasteiger partial charge in [-0.3, -0.25) is 0 Å². The van der Waals surface area contributed by atoms with E-state index in [1.54, 1.807) is 0 Å². The standard InChI is InChI=1S/C61H36N4O/c1-5-17-37(18-6-1)43-35-47(38-19-7-2-8-20-38)57-50(36-43)56-53(32-31-46(58(56)66-57)61-63-59(39-21-9-3-10-22-39)62-60(64-61)40-23-11-4-12-24-40)65-51-29-15-27-44-48-33-41-25-13-14-26-42(41)34-49(48)45-28-16-30-52(65)55(45)54(44)51/h1-36H. The number of fused-ring (bicyclic) bond motifs is 7. The Kier molecular flexibility index (Phi) is 7.91. The smallest absolute Gasteiger partial charge is 0.167 e. The third-order valence-corrected chi connectivity index (χ3v) is 13.4. The first kappa shape index (κ1) is 36.5. The molecule has 306 valence electrons. The predicted octanol–water partition coefficient (Wildman–Crippen LogP) is 16.1. The summed E-state index contributed by atoms with van der Waals surface area (Å²) < 4.78 is 9.87. The van der Waals surface area contributed by atoms with Gasteiger partial charge in [-0.25, -0.2) is 15.0 Å². The predicted molar refractivity (Wildman–Crippen MR) is 272 cm³/mol. The molecule has 14 aromatic rings. The lowest BCUT2D eigenvalue weighted by molar-refractivity contribution is 0.670.